The molecule has 5 heteroatoms. The van der Waals surface area contributed by atoms with E-state index in [0.29, 0.717) is 0 Å². The van der Waals surface area contributed by atoms with E-state index in [-0.39, 0.29) is 11.6 Å². The Morgan fingerprint density at radius 2 is 1.88 bits per heavy atom. The number of rotatable bonds is 2. The number of ether oxygens (including phenoxy) is 1. The minimum Gasteiger partial charge on any atom is -0.444 e. The summed E-state index contributed by atoms with van der Waals surface area (Å²) in [7, 11) is 1.78. The van der Waals surface area contributed by atoms with Crippen LogP contribution < -0.4 is 0 Å². The minimum absolute atomic E-state index is 0.176. The van der Waals surface area contributed by atoms with Crippen LogP contribution >= 0.6 is 31.9 Å². The van der Waals surface area contributed by atoms with Gasteiger partial charge in [-0.25, -0.2) is 4.79 Å². The summed E-state index contributed by atoms with van der Waals surface area (Å²) in [5, 5.41) is 0. The van der Waals surface area contributed by atoms with E-state index in [9.17, 15) is 4.79 Å². The molecule has 0 atom stereocenters. The van der Waals surface area contributed by atoms with Gasteiger partial charge in [0.05, 0.1) is 8.93 Å². The fraction of sp³-hybridized carbons (Fsp3) is 0.727. The maximum atomic E-state index is 11.9. The van der Waals surface area contributed by atoms with Gasteiger partial charge in [-0.05, 0) is 71.5 Å². The highest BCUT2D eigenvalue weighted by Gasteiger charge is 2.48. The number of nitrogens with zero attached hydrogens (tertiary/aromatic N) is 1. The van der Waals surface area contributed by atoms with E-state index in [1.807, 2.05) is 26.8 Å². The molecule has 1 aliphatic rings. The summed E-state index contributed by atoms with van der Waals surface area (Å²) in [6.07, 6.45) is 3.67. The molecule has 0 N–H and O–H groups in total. The lowest BCUT2D eigenvalue weighted by molar-refractivity contribution is 0.0235. The first-order valence-electron chi connectivity index (χ1n) is 5.17. The number of halogens is 2. The third-order valence-corrected chi connectivity index (χ3v) is 2.93. The fourth-order valence-corrected chi connectivity index (χ4v) is 2.27. The third kappa shape index (κ3) is 3.77. The zero-order chi connectivity index (χ0) is 12.6. The topological polar surface area (TPSA) is 29.5 Å². The van der Waals surface area contributed by atoms with Gasteiger partial charge in [-0.15, -0.1) is 0 Å². The Hall–Kier alpha value is -0.0300. The van der Waals surface area contributed by atoms with Crippen LogP contribution in [-0.2, 0) is 4.74 Å². The number of carbonyl (C=O) groups is 1. The summed E-state index contributed by atoms with van der Waals surface area (Å²) < 4.78 is 6.20. The molecule has 0 bridgehead atoms. The SMILES string of the molecule is CN(C(=O)OC(C)(C)C)C1(C=C(Br)Br)CC1. The molecule has 1 amide bonds. The molecular formula is C11H17Br2NO2. The van der Waals surface area contributed by atoms with Crippen molar-refractivity contribution < 1.29 is 9.53 Å². The van der Waals surface area contributed by atoms with Crippen LogP contribution in [0.3, 0.4) is 0 Å². The molecule has 0 aromatic heterocycles. The first kappa shape index (κ1) is 14.0. The van der Waals surface area contributed by atoms with E-state index in [4.69, 9.17) is 4.74 Å². The number of likely N-dealkylation sites (N-methyl/N-ethyl adjacent to an activating group) is 1. The van der Waals surface area contributed by atoms with Crippen molar-refractivity contribution in [2.24, 2.45) is 0 Å². The van der Waals surface area contributed by atoms with Crippen LogP contribution in [0.1, 0.15) is 33.6 Å². The zero-order valence-electron chi connectivity index (χ0n) is 10.0. The van der Waals surface area contributed by atoms with Gasteiger partial charge in [0.25, 0.3) is 0 Å². The van der Waals surface area contributed by atoms with E-state index in [1.54, 1.807) is 11.9 Å². The Labute approximate surface area is 113 Å². The van der Waals surface area contributed by atoms with E-state index in [0.717, 1.165) is 16.2 Å². The first-order chi connectivity index (χ1) is 7.16. The van der Waals surface area contributed by atoms with E-state index < -0.39 is 5.60 Å². The predicted molar refractivity (Wildman–Crippen MR) is 71.9 cm³/mol. The highest BCUT2D eigenvalue weighted by Crippen LogP contribution is 2.44. The van der Waals surface area contributed by atoms with Crippen molar-refractivity contribution in [3.63, 3.8) is 0 Å². The molecule has 0 unspecified atom stereocenters. The molecule has 1 fully saturated rings. The average molecular weight is 355 g/mol. The van der Waals surface area contributed by atoms with Crippen LogP contribution in [0.25, 0.3) is 0 Å². The summed E-state index contributed by atoms with van der Waals surface area (Å²) in [6.45, 7) is 5.61. The van der Waals surface area contributed by atoms with Gasteiger partial charge in [-0.3, -0.25) is 0 Å². The van der Waals surface area contributed by atoms with Gasteiger partial charge in [-0.1, -0.05) is 0 Å². The molecule has 3 nitrogen and oxygen atoms in total. The number of amides is 1. The summed E-state index contributed by atoms with van der Waals surface area (Å²) in [6, 6.07) is 0. The van der Waals surface area contributed by atoms with Gasteiger partial charge >= 0.3 is 6.09 Å². The molecule has 0 radical (unpaired) electrons. The average Bonchev–Trinajstić information content (AvgIpc) is 2.80. The van der Waals surface area contributed by atoms with Gasteiger partial charge in [0.2, 0.25) is 0 Å². The summed E-state index contributed by atoms with van der Waals surface area (Å²) in [4.78, 5) is 13.5. The van der Waals surface area contributed by atoms with Crippen molar-refractivity contribution in [3.05, 3.63) is 9.47 Å². The molecule has 1 rings (SSSR count). The lowest BCUT2D eigenvalue weighted by Gasteiger charge is -2.29. The van der Waals surface area contributed by atoms with Crippen LogP contribution in [0.2, 0.25) is 0 Å². The summed E-state index contributed by atoms with van der Waals surface area (Å²) in [5.41, 5.74) is -0.624. The molecule has 0 aliphatic heterocycles. The van der Waals surface area contributed by atoms with E-state index >= 15 is 0 Å². The largest absolute Gasteiger partial charge is 0.444 e. The summed E-state index contributed by atoms with van der Waals surface area (Å²) >= 11 is 6.66. The van der Waals surface area contributed by atoms with E-state index in [1.165, 1.54) is 0 Å². The Morgan fingerprint density at radius 1 is 1.38 bits per heavy atom. The second-order valence-corrected chi connectivity index (χ2v) is 7.85. The van der Waals surface area contributed by atoms with Crippen molar-refractivity contribution in [2.75, 3.05) is 7.05 Å². The Bertz CT molecular complexity index is 312. The lowest BCUT2D eigenvalue weighted by atomic mass is 10.2. The van der Waals surface area contributed by atoms with Gasteiger partial charge in [0.1, 0.15) is 5.60 Å². The lowest BCUT2D eigenvalue weighted by Crippen LogP contribution is -2.41. The molecule has 0 aromatic carbocycles. The van der Waals surface area contributed by atoms with Crippen molar-refractivity contribution in [3.8, 4) is 0 Å². The van der Waals surface area contributed by atoms with Crippen molar-refractivity contribution in [1.82, 2.24) is 4.90 Å². The maximum absolute atomic E-state index is 11.9. The van der Waals surface area contributed by atoms with Crippen LogP contribution in [0.4, 0.5) is 4.79 Å². The molecule has 1 saturated carbocycles. The Balaban J connectivity index is 2.68. The second kappa shape index (κ2) is 4.69. The molecule has 1 aliphatic carbocycles. The van der Waals surface area contributed by atoms with Gasteiger partial charge in [0.15, 0.2) is 0 Å². The summed E-state index contributed by atoms with van der Waals surface area (Å²) in [5.74, 6) is 0. The number of hydrogen-bond acceptors (Lipinski definition) is 2. The van der Waals surface area contributed by atoms with Crippen LogP contribution in [0.5, 0.6) is 0 Å². The molecule has 0 saturated heterocycles. The van der Waals surface area contributed by atoms with Crippen molar-refractivity contribution >= 4 is 38.0 Å². The molecule has 16 heavy (non-hydrogen) atoms. The Morgan fingerprint density at radius 3 is 2.19 bits per heavy atom. The normalized spacial score (nSPS) is 17.6. The van der Waals surface area contributed by atoms with Gasteiger partial charge < -0.3 is 9.64 Å². The smallest absolute Gasteiger partial charge is 0.410 e. The molecule has 0 heterocycles. The molecule has 0 spiro atoms. The van der Waals surface area contributed by atoms with Gasteiger partial charge in [-0.2, -0.15) is 0 Å². The zero-order valence-corrected chi connectivity index (χ0v) is 13.2. The van der Waals surface area contributed by atoms with Crippen molar-refractivity contribution in [1.29, 1.82) is 0 Å². The van der Waals surface area contributed by atoms with Crippen LogP contribution in [0, 0.1) is 0 Å². The second-order valence-electron chi connectivity index (χ2n) is 5.08. The van der Waals surface area contributed by atoms with Crippen LogP contribution in [-0.4, -0.2) is 29.2 Å². The number of hydrogen-bond donors (Lipinski definition) is 0. The first-order valence-corrected chi connectivity index (χ1v) is 6.76. The third-order valence-electron chi connectivity index (χ3n) is 2.48. The maximum Gasteiger partial charge on any atom is 0.410 e. The standard InChI is InChI=1S/C11H17Br2NO2/c1-10(2,3)16-9(15)14(4)11(5-6-11)7-8(12)13/h7H,5-6H2,1-4H3. The monoisotopic (exact) mass is 353 g/mol. The predicted octanol–water partition coefficient (Wildman–Crippen LogP) is 4.02. The van der Waals surface area contributed by atoms with Crippen molar-refractivity contribution in [2.45, 2.75) is 44.8 Å². The molecular weight excluding hydrogens is 338 g/mol. The van der Waals surface area contributed by atoms with Crippen LogP contribution in [0.15, 0.2) is 9.47 Å². The highest BCUT2D eigenvalue weighted by molar-refractivity contribution is 9.28. The van der Waals surface area contributed by atoms with Gasteiger partial charge in [0, 0.05) is 7.05 Å². The quantitative estimate of drug-likeness (QED) is 0.749. The fourth-order valence-electron chi connectivity index (χ4n) is 1.42. The highest BCUT2D eigenvalue weighted by atomic mass is 79.9. The minimum atomic E-state index is -0.448. The number of carbonyl (C=O) groups excluding carboxylic acids is 1. The molecule has 92 valence electrons. The Kier molecular flexibility index (Phi) is 4.11. The molecule has 0 aromatic rings. The van der Waals surface area contributed by atoms with E-state index in [2.05, 4.69) is 31.9 Å².